The number of ether oxygens (including phenoxy) is 2. The molecule has 17 heteroatoms. The third-order valence-corrected chi connectivity index (χ3v) is 11.5. The van der Waals surface area contributed by atoms with Crippen molar-refractivity contribution in [2.75, 3.05) is 106 Å². The van der Waals surface area contributed by atoms with Gasteiger partial charge in [-0.25, -0.2) is 14.6 Å². The topological polar surface area (TPSA) is 206 Å². The predicted octanol–water partition coefficient (Wildman–Crippen LogP) is 1.51. The SMILES string of the molecule is CC(C)[C@H](NC(=O)N(C)CCN1CCOCC1)C(=O)NN(CCc1ccc(O)cc1)C[C@H](O)C(C(=O)[C@@H](NC(=O)N(C)CCN1CCOCC1)C(C)C)C(N)c1ccccc1. The van der Waals surface area contributed by atoms with E-state index in [0.717, 1.165) is 31.7 Å². The van der Waals surface area contributed by atoms with Gasteiger partial charge in [-0.15, -0.1) is 0 Å². The molecule has 0 aromatic heterocycles. The minimum absolute atomic E-state index is 0.112. The Bertz CT molecular complexity index is 1640. The summed E-state index contributed by atoms with van der Waals surface area (Å²) in [7, 11) is 3.37. The van der Waals surface area contributed by atoms with Gasteiger partial charge in [0.25, 0.3) is 5.91 Å². The molecule has 0 bridgehead atoms. The van der Waals surface area contributed by atoms with Gasteiger partial charge in [0.1, 0.15) is 11.8 Å². The smallest absolute Gasteiger partial charge is 0.317 e. The van der Waals surface area contributed by atoms with Gasteiger partial charge in [-0.1, -0.05) is 70.2 Å². The number of nitrogens with two attached hydrogens (primary N) is 1. The summed E-state index contributed by atoms with van der Waals surface area (Å²) in [6.45, 7) is 15.3. The number of carbonyl (C=O) groups excluding carboxylic acids is 4. The maximum atomic E-state index is 14.8. The first-order chi connectivity index (χ1) is 29.1. The number of morpholine rings is 2. The monoisotopic (exact) mass is 854 g/mol. The summed E-state index contributed by atoms with van der Waals surface area (Å²) in [6, 6.07) is 12.0. The number of nitrogens with zero attached hydrogens (tertiary/aromatic N) is 5. The predicted molar refractivity (Wildman–Crippen MR) is 233 cm³/mol. The Kier molecular flexibility index (Phi) is 20.1. The number of benzene rings is 2. The van der Waals surface area contributed by atoms with Crippen molar-refractivity contribution in [2.45, 2.75) is 58.3 Å². The number of aliphatic hydroxyl groups is 1. The van der Waals surface area contributed by atoms with Crippen molar-refractivity contribution in [2.24, 2.45) is 23.5 Å². The van der Waals surface area contributed by atoms with Crippen LogP contribution in [0.4, 0.5) is 9.59 Å². The summed E-state index contributed by atoms with van der Waals surface area (Å²) in [5.74, 6) is -2.68. The number of urea groups is 2. The Balaban J connectivity index is 1.54. The molecule has 2 aliphatic rings. The van der Waals surface area contributed by atoms with Gasteiger partial charge in [0.2, 0.25) is 0 Å². The summed E-state index contributed by atoms with van der Waals surface area (Å²) in [5.41, 5.74) is 11.3. The molecule has 2 heterocycles. The largest absolute Gasteiger partial charge is 0.508 e. The second-order valence-electron chi connectivity index (χ2n) is 16.9. The molecule has 0 aliphatic carbocycles. The average molecular weight is 854 g/mol. The number of hydrazine groups is 1. The van der Waals surface area contributed by atoms with Crippen molar-refractivity contribution < 1.29 is 38.9 Å². The quantitative estimate of drug-likeness (QED) is 0.0934. The zero-order chi connectivity index (χ0) is 44.5. The highest BCUT2D eigenvalue weighted by molar-refractivity contribution is 5.91. The fraction of sp³-hybridized carbons (Fsp3) is 0.636. The molecule has 7 N–H and O–H groups in total. The van der Waals surface area contributed by atoms with E-state index in [4.69, 9.17) is 15.2 Å². The maximum Gasteiger partial charge on any atom is 0.317 e. The van der Waals surface area contributed by atoms with Crippen LogP contribution in [0.2, 0.25) is 0 Å². The number of carbonyl (C=O) groups is 4. The molecule has 0 saturated carbocycles. The first-order valence-electron chi connectivity index (χ1n) is 21.6. The zero-order valence-corrected chi connectivity index (χ0v) is 37.0. The maximum absolute atomic E-state index is 14.8. The summed E-state index contributed by atoms with van der Waals surface area (Å²) >= 11 is 0. The molecule has 2 aromatic rings. The van der Waals surface area contributed by atoms with Gasteiger partial charge in [-0.3, -0.25) is 24.8 Å². The number of rotatable bonds is 22. The number of ketones is 1. The molecule has 0 radical (unpaired) electrons. The third kappa shape index (κ3) is 15.8. The van der Waals surface area contributed by atoms with Crippen LogP contribution < -0.4 is 21.8 Å². The van der Waals surface area contributed by atoms with E-state index in [1.165, 1.54) is 0 Å². The van der Waals surface area contributed by atoms with Gasteiger partial charge in [0.15, 0.2) is 5.78 Å². The van der Waals surface area contributed by atoms with Crippen LogP contribution in [0, 0.1) is 17.8 Å². The van der Waals surface area contributed by atoms with Crippen molar-refractivity contribution in [3.05, 3.63) is 65.7 Å². The number of phenolic OH excluding ortho intramolecular Hbond substituents is 1. The van der Waals surface area contributed by atoms with E-state index in [0.29, 0.717) is 64.6 Å². The van der Waals surface area contributed by atoms with Crippen molar-refractivity contribution >= 4 is 23.8 Å². The van der Waals surface area contributed by atoms with Crippen LogP contribution in [0.15, 0.2) is 54.6 Å². The van der Waals surface area contributed by atoms with Crippen molar-refractivity contribution in [1.29, 1.82) is 0 Å². The van der Waals surface area contributed by atoms with Gasteiger partial charge in [-0.2, -0.15) is 0 Å². The van der Waals surface area contributed by atoms with Crippen LogP contribution in [0.1, 0.15) is 44.9 Å². The highest BCUT2D eigenvalue weighted by Gasteiger charge is 2.40. The molecular formula is C44H71N9O8. The molecule has 2 saturated heterocycles. The molecule has 5 amide bonds. The van der Waals surface area contributed by atoms with Gasteiger partial charge in [0, 0.05) is 85.6 Å². The van der Waals surface area contributed by atoms with E-state index in [1.54, 1.807) is 77.4 Å². The lowest BCUT2D eigenvalue weighted by Crippen LogP contribution is -2.59. The molecular weight excluding hydrogens is 783 g/mol. The standard InChI is InChI=1S/C44H71N9O8/c1-31(2)39(46-43(58)49(5)18-20-51-22-26-60-27-23-51)41(56)37(38(45)34-10-8-7-9-11-34)36(55)30-53(17-16-33-12-14-35(54)15-13-33)48-42(57)40(32(3)4)47-44(59)50(6)19-21-52-24-28-61-29-25-52/h7-15,31-32,36-40,54-55H,16-30,45H2,1-6H3,(H,46,58)(H,47,59)(H,48,57)/t36-,37?,38?,39-,40-/m0/s1. The molecule has 2 unspecified atom stereocenters. The Morgan fingerprint density at radius 3 is 1.72 bits per heavy atom. The number of hydrogen-bond donors (Lipinski definition) is 6. The molecule has 2 aromatic carbocycles. The number of aromatic hydroxyl groups is 1. The van der Waals surface area contributed by atoms with E-state index < -0.39 is 53.9 Å². The van der Waals surface area contributed by atoms with Crippen molar-refractivity contribution in [3.63, 3.8) is 0 Å². The Morgan fingerprint density at radius 1 is 0.738 bits per heavy atom. The Hall–Kier alpha value is -4.36. The van der Waals surface area contributed by atoms with Gasteiger partial charge in [0.05, 0.1) is 44.5 Å². The minimum atomic E-state index is -1.42. The lowest BCUT2D eigenvalue weighted by atomic mass is 9.80. The number of phenols is 1. The van der Waals surface area contributed by atoms with Crippen molar-refractivity contribution in [1.82, 2.24) is 40.7 Å². The number of aliphatic hydroxyl groups excluding tert-OH is 1. The first kappa shape index (κ1) is 49.3. The fourth-order valence-corrected chi connectivity index (χ4v) is 7.40. The lowest BCUT2D eigenvalue weighted by molar-refractivity contribution is -0.133. The van der Waals surface area contributed by atoms with Crippen LogP contribution >= 0.6 is 0 Å². The van der Waals surface area contributed by atoms with Crippen LogP contribution in [-0.4, -0.2) is 183 Å². The molecule has 17 nitrogen and oxygen atoms in total. The summed E-state index contributed by atoms with van der Waals surface area (Å²) in [5, 5.41) is 29.5. The normalized spacial score (nSPS) is 17.6. The van der Waals surface area contributed by atoms with Gasteiger partial charge in [-0.05, 0) is 41.5 Å². The average Bonchev–Trinajstić information content (AvgIpc) is 3.25. The Morgan fingerprint density at radius 2 is 1.23 bits per heavy atom. The molecule has 4 rings (SSSR count). The third-order valence-electron chi connectivity index (χ3n) is 11.5. The van der Waals surface area contributed by atoms with E-state index in [2.05, 4.69) is 25.9 Å². The van der Waals surface area contributed by atoms with Gasteiger partial charge >= 0.3 is 12.1 Å². The summed E-state index contributed by atoms with van der Waals surface area (Å²) in [4.78, 5) is 63.4. The molecule has 5 atom stereocenters. The van der Waals surface area contributed by atoms with E-state index in [9.17, 15) is 29.4 Å². The highest BCUT2D eigenvalue weighted by atomic mass is 16.5. The van der Waals surface area contributed by atoms with Crippen LogP contribution in [0.25, 0.3) is 0 Å². The number of Topliss-reactive ketones (excluding diaryl/α,β-unsaturated/α-hetero) is 1. The van der Waals surface area contributed by atoms with E-state index >= 15 is 0 Å². The molecule has 340 valence electrons. The highest BCUT2D eigenvalue weighted by Crippen LogP contribution is 2.27. The zero-order valence-electron chi connectivity index (χ0n) is 37.0. The summed E-state index contributed by atoms with van der Waals surface area (Å²) in [6.07, 6.45) is -1.01. The minimum Gasteiger partial charge on any atom is -0.508 e. The molecule has 61 heavy (non-hydrogen) atoms. The lowest BCUT2D eigenvalue weighted by Gasteiger charge is -2.36. The summed E-state index contributed by atoms with van der Waals surface area (Å²) < 4.78 is 10.9. The molecule has 2 aliphatic heterocycles. The molecule has 0 spiro atoms. The second-order valence-corrected chi connectivity index (χ2v) is 16.9. The second kappa shape index (κ2) is 24.9. The number of likely N-dealkylation sites (N-methyl/N-ethyl adjacent to an activating group) is 2. The van der Waals surface area contributed by atoms with Crippen LogP contribution in [0.5, 0.6) is 5.75 Å². The van der Waals surface area contributed by atoms with Gasteiger partial charge < -0.3 is 45.9 Å². The van der Waals surface area contributed by atoms with E-state index in [1.807, 2.05) is 33.8 Å². The number of amides is 5. The number of nitrogens with one attached hydrogen (secondary N) is 3. The Labute approximate surface area is 361 Å². The van der Waals surface area contributed by atoms with Crippen LogP contribution in [-0.2, 0) is 25.5 Å². The van der Waals surface area contributed by atoms with Crippen LogP contribution in [0.3, 0.4) is 0 Å². The first-order valence-corrected chi connectivity index (χ1v) is 21.6. The number of hydrogen-bond acceptors (Lipinski definition) is 12. The fourth-order valence-electron chi connectivity index (χ4n) is 7.40. The van der Waals surface area contributed by atoms with E-state index in [-0.39, 0.29) is 30.7 Å². The molecule has 2 fully saturated rings. The van der Waals surface area contributed by atoms with Crippen molar-refractivity contribution in [3.8, 4) is 5.75 Å².